The molecule has 0 saturated heterocycles. The van der Waals surface area contributed by atoms with E-state index in [0.29, 0.717) is 17.7 Å². The van der Waals surface area contributed by atoms with Crippen molar-refractivity contribution in [2.75, 3.05) is 0 Å². The number of hydrogen-bond acceptors (Lipinski definition) is 2. The summed E-state index contributed by atoms with van der Waals surface area (Å²) in [6.45, 7) is 1.77. The third kappa shape index (κ3) is 3.92. The normalized spacial score (nSPS) is 11.8. The van der Waals surface area contributed by atoms with E-state index >= 15 is 0 Å². The van der Waals surface area contributed by atoms with Crippen molar-refractivity contribution in [3.8, 4) is 0 Å². The number of amides is 1. The highest BCUT2D eigenvalue weighted by Crippen LogP contribution is 2.16. The van der Waals surface area contributed by atoms with Crippen LogP contribution in [0.2, 0.25) is 0 Å². The van der Waals surface area contributed by atoms with Crippen molar-refractivity contribution < 1.29 is 27.9 Å². The smallest absolute Gasteiger partial charge is 0.326 e. The van der Waals surface area contributed by atoms with E-state index in [-0.39, 0.29) is 6.42 Å². The number of carboxylic acids is 1. The maximum atomic E-state index is 13.6. The van der Waals surface area contributed by atoms with Gasteiger partial charge in [0, 0.05) is 18.6 Å². The first kappa shape index (κ1) is 17.5. The van der Waals surface area contributed by atoms with Crippen molar-refractivity contribution in [3.05, 3.63) is 70.5 Å². The van der Waals surface area contributed by atoms with Gasteiger partial charge in [-0.1, -0.05) is 24.3 Å². The van der Waals surface area contributed by atoms with E-state index < -0.39 is 40.9 Å². The fourth-order valence-corrected chi connectivity index (χ4v) is 2.25. The van der Waals surface area contributed by atoms with Crippen LogP contribution in [0.1, 0.15) is 21.5 Å². The fraction of sp³-hybridized carbons (Fsp3) is 0.176. The molecule has 2 aromatic rings. The molecule has 2 aromatic carbocycles. The molecule has 2 rings (SSSR count). The van der Waals surface area contributed by atoms with Crippen LogP contribution in [0.15, 0.2) is 36.4 Å². The summed E-state index contributed by atoms with van der Waals surface area (Å²) < 4.78 is 40.1. The zero-order valence-electron chi connectivity index (χ0n) is 12.6. The van der Waals surface area contributed by atoms with E-state index in [4.69, 9.17) is 0 Å². The van der Waals surface area contributed by atoms with Crippen molar-refractivity contribution in [1.82, 2.24) is 5.32 Å². The second-order valence-electron chi connectivity index (χ2n) is 5.24. The molecule has 0 aliphatic rings. The van der Waals surface area contributed by atoms with Gasteiger partial charge in [-0.3, -0.25) is 4.79 Å². The van der Waals surface area contributed by atoms with Crippen LogP contribution in [0.3, 0.4) is 0 Å². The van der Waals surface area contributed by atoms with Crippen molar-refractivity contribution in [2.45, 2.75) is 19.4 Å². The number of halogens is 3. The number of carbonyl (C=O) groups is 2. The van der Waals surface area contributed by atoms with Crippen LogP contribution in [-0.2, 0) is 11.2 Å². The molecule has 0 heterocycles. The van der Waals surface area contributed by atoms with Crippen LogP contribution in [-0.4, -0.2) is 23.0 Å². The standard InChI is InChI=1S/C17H14F3NO3/c1-9-4-2-3-5-10(9)6-14(17(23)24)21-16(22)15-12(19)7-11(18)8-13(15)20/h2-5,7-8,14H,6H2,1H3,(H,21,22)(H,23,24)/t14-/m0/s1. The zero-order valence-corrected chi connectivity index (χ0v) is 12.6. The summed E-state index contributed by atoms with van der Waals surface area (Å²) in [6.07, 6.45) is -0.0574. The first-order chi connectivity index (χ1) is 11.3. The van der Waals surface area contributed by atoms with Gasteiger partial charge in [0.2, 0.25) is 0 Å². The third-order valence-corrected chi connectivity index (χ3v) is 3.52. The van der Waals surface area contributed by atoms with E-state index in [1.54, 1.807) is 31.2 Å². The lowest BCUT2D eigenvalue weighted by Crippen LogP contribution is -2.43. The van der Waals surface area contributed by atoms with E-state index in [1.165, 1.54) is 0 Å². The molecule has 0 bridgehead atoms. The summed E-state index contributed by atoms with van der Waals surface area (Å²) in [4.78, 5) is 23.4. The van der Waals surface area contributed by atoms with Crippen LogP contribution >= 0.6 is 0 Å². The van der Waals surface area contributed by atoms with Gasteiger partial charge in [0.1, 0.15) is 29.1 Å². The summed E-state index contributed by atoms with van der Waals surface area (Å²) in [6, 6.07) is 6.28. The topological polar surface area (TPSA) is 66.4 Å². The Balaban J connectivity index is 2.24. The van der Waals surface area contributed by atoms with Gasteiger partial charge in [0.05, 0.1) is 0 Å². The lowest BCUT2D eigenvalue weighted by atomic mass is 10.0. The van der Waals surface area contributed by atoms with Crippen LogP contribution in [0, 0.1) is 24.4 Å². The lowest BCUT2D eigenvalue weighted by molar-refractivity contribution is -0.139. The number of hydrogen-bond donors (Lipinski definition) is 2. The van der Waals surface area contributed by atoms with Crippen molar-refractivity contribution in [1.29, 1.82) is 0 Å². The number of carboxylic acid groups (broad SMARTS) is 1. The Kier molecular flexibility index (Phi) is 5.23. The molecule has 0 radical (unpaired) electrons. The molecule has 0 unspecified atom stereocenters. The number of aryl methyl sites for hydroxylation is 1. The quantitative estimate of drug-likeness (QED) is 0.882. The summed E-state index contributed by atoms with van der Waals surface area (Å²) in [5.41, 5.74) is 0.467. The zero-order chi connectivity index (χ0) is 17.9. The molecule has 0 spiro atoms. The van der Waals surface area contributed by atoms with Gasteiger partial charge >= 0.3 is 5.97 Å². The molecule has 0 aliphatic carbocycles. The average Bonchev–Trinajstić information content (AvgIpc) is 2.47. The van der Waals surface area contributed by atoms with Crippen LogP contribution in [0.25, 0.3) is 0 Å². The second kappa shape index (κ2) is 7.16. The summed E-state index contributed by atoms with van der Waals surface area (Å²) >= 11 is 0. The average molecular weight is 337 g/mol. The SMILES string of the molecule is Cc1ccccc1C[C@H](NC(=O)c1c(F)cc(F)cc1F)C(=O)O. The van der Waals surface area contributed by atoms with Gasteiger partial charge in [0.15, 0.2) is 0 Å². The molecule has 0 fully saturated rings. The second-order valence-corrected chi connectivity index (χ2v) is 5.24. The minimum atomic E-state index is -1.40. The number of aliphatic carboxylic acids is 1. The predicted molar refractivity (Wildman–Crippen MR) is 80.1 cm³/mol. The Morgan fingerprint density at radius 1 is 1.12 bits per heavy atom. The highest BCUT2D eigenvalue weighted by atomic mass is 19.1. The summed E-state index contributed by atoms with van der Waals surface area (Å²) in [5.74, 6) is -6.58. The maximum Gasteiger partial charge on any atom is 0.326 e. The van der Waals surface area contributed by atoms with Gasteiger partial charge in [-0.15, -0.1) is 0 Å². The first-order valence-electron chi connectivity index (χ1n) is 7.02. The van der Waals surface area contributed by atoms with E-state index in [1.807, 2.05) is 0 Å². The van der Waals surface area contributed by atoms with Gasteiger partial charge in [-0.25, -0.2) is 18.0 Å². The van der Waals surface area contributed by atoms with Crippen molar-refractivity contribution in [3.63, 3.8) is 0 Å². The number of nitrogens with one attached hydrogen (secondary N) is 1. The molecular weight excluding hydrogens is 323 g/mol. The Bertz CT molecular complexity index is 769. The number of carbonyl (C=O) groups excluding carboxylic acids is 1. The van der Waals surface area contributed by atoms with E-state index in [0.717, 1.165) is 5.56 Å². The molecule has 0 aromatic heterocycles. The van der Waals surface area contributed by atoms with E-state index in [9.17, 15) is 27.9 Å². The van der Waals surface area contributed by atoms with Gasteiger partial charge in [-0.2, -0.15) is 0 Å². The molecule has 4 nitrogen and oxygen atoms in total. The largest absolute Gasteiger partial charge is 0.480 e. The monoisotopic (exact) mass is 337 g/mol. The van der Waals surface area contributed by atoms with Crippen LogP contribution in [0.4, 0.5) is 13.2 Å². The summed E-state index contributed by atoms with van der Waals surface area (Å²) in [5, 5.41) is 11.3. The lowest BCUT2D eigenvalue weighted by Gasteiger charge is -2.16. The van der Waals surface area contributed by atoms with Crippen LogP contribution in [0.5, 0.6) is 0 Å². The molecule has 126 valence electrons. The molecule has 1 amide bonds. The minimum absolute atomic E-state index is 0.0574. The van der Waals surface area contributed by atoms with Gasteiger partial charge < -0.3 is 10.4 Å². The Hall–Kier alpha value is -2.83. The Morgan fingerprint density at radius 3 is 2.25 bits per heavy atom. The molecular formula is C17H14F3NO3. The Morgan fingerprint density at radius 2 is 1.71 bits per heavy atom. The first-order valence-corrected chi connectivity index (χ1v) is 7.02. The van der Waals surface area contributed by atoms with E-state index in [2.05, 4.69) is 5.32 Å². The summed E-state index contributed by atoms with van der Waals surface area (Å²) in [7, 11) is 0. The fourth-order valence-electron chi connectivity index (χ4n) is 2.25. The molecule has 7 heteroatoms. The van der Waals surface area contributed by atoms with Crippen molar-refractivity contribution >= 4 is 11.9 Å². The Labute approximate surface area is 135 Å². The van der Waals surface area contributed by atoms with Gasteiger partial charge in [-0.05, 0) is 18.1 Å². The third-order valence-electron chi connectivity index (χ3n) is 3.52. The molecule has 2 N–H and O–H groups in total. The highest BCUT2D eigenvalue weighted by Gasteiger charge is 2.25. The van der Waals surface area contributed by atoms with Crippen LogP contribution < -0.4 is 5.32 Å². The predicted octanol–water partition coefficient (Wildman–Crippen LogP) is 2.84. The van der Waals surface area contributed by atoms with Gasteiger partial charge in [0.25, 0.3) is 5.91 Å². The highest BCUT2D eigenvalue weighted by molar-refractivity contribution is 5.97. The molecule has 1 atom stereocenters. The number of benzene rings is 2. The maximum absolute atomic E-state index is 13.6. The number of rotatable bonds is 5. The molecule has 24 heavy (non-hydrogen) atoms. The molecule has 0 aliphatic heterocycles. The minimum Gasteiger partial charge on any atom is -0.480 e. The molecule has 0 saturated carbocycles. The van der Waals surface area contributed by atoms with Crippen molar-refractivity contribution in [2.24, 2.45) is 0 Å².